The zero-order valence-electron chi connectivity index (χ0n) is 8.94. The fraction of sp³-hybridized carbons (Fsp3) is 1.00. The van der Waals surface area contributed by atoms with Gasteiger partial charge < -0.3 is 0 Å². The van der Waals surface area contributed by atoms with Crippen molar-refractivity contribution in [1.29, 1.82) is 0 Å². The van der Waals surface area contributed by atoms with Crippen LogP contribution in [0.4, 0.5) is 0 Å². The van der Waals surface area contributed by atoms with Crippen molar-refractivity contribution < 1.29 is 0 Å². The first-order chi connectivity index (χ1) is 5.85. The van der Waals surface area contributed by atoms with Crippen LogP contribution in [0.25, 0.3) is 0 Å². The first-order valence-electron chi connectivity index (χ1n) is 5.34. The highest BCUT2D eigenvalue weighted by Gasteiger charge is 2.05. The second-order valence-electron chi connectivity index (χ2n) is 3.61. The van der Waals surface area contributed by atoms with E-state index in [1.54, 1.807) is 0 Å². The van der Waals surface area contributed by atoms with Gasteiger partial charge >= 0.3 is 0 Å². The smallest absolute Gasteiger partial charge is 0.00419 e. The van der Waals surface area contributed by atoms with Gasteiger partial charge in [-0.15, -0.1) is 0 Å². The molecule has 0 aliphatic heterocycles. The zero-order chi connectivity index (χ0) is 9.23. The summed E-state index contributed by atoms with van der Waals surface area (Å²) in [6, 6.07) is 0. The quantitative estimate of drug-likeness (QED) is 0.510. The first kappa shape index (κ1) is 12.3. The topological polar surface area (TPSA) is 0 Å². The maximum atomic E-state index is 2.30. The van der Waals surface area contributed by atoms with Crippen LogP contribution >= 0.6 is 11.8 Å². The van der Waals surface area contributed by atoms with Gasteiger partial charge in [-0.2, -0.15) is 11.8 Å². The monoisotopic (exact) mass is 188 g/mol. The summed E-state index contributed by atoms with van der Waals surface area (Å²) in [6.07, 6.45) is 10.7. The molecule has 0 N–H and O–H groups in total. The molecule has 0 saturated carbocycles. The van der Waals surface area contributed by atoms with Crippen LogP contribution in [0, 0.1) is 5.92 Å². The molecule has 0 saturated heterocycles. The lowest BCUT2D eigenvalue weighted by atomic mass is 9.98. The minimum Gasteiger partial charge on any atom is -0.165 e. The van der Waals surface area contributed by atoms with Gasteiger partial charge in [0.05, 0.1) is 0 Å². The van der Waals surface area contributed by atoms with Gasteiger partial charge in [-0.1, -0.05) is 39.5 Å². The van der Waals surface area contributed by atoms with E-state index in [4.69, 9.17) is 0 Å². The standard InChI is InChI=1S/C11H24S/c1-4-6-7-9-11(8-5-2)10-12-3/h11H,4-10H2,1-3H3. The Kier molecular flexibility index (Phi) is 9.71. The molecule has 0 nitrogen and oxygen atoms in total. The molecule has 1 heteroatoms. The zero-order valence-corrected chi connectivity index (χ0v) is 9.75. The van der Waals surface area contributed by atoms with E-state index in [1.165, 1.54) is 44.3 Å². The number of hydrogen-bond acceptors (Lipinski definition) is 1. The van der Waals surface area contributed by atoms with Crippen molar-refractivity contribution in [2.24, 2.45) is 5.92 Å². The molecule has 12 heavy (non-hydrogen) atoms. The summed E-state index contributed by atoms with van der Waals surface area (Å²) >= 11 is 2.01. The number of unbranched alkanes of at least 4 members (excludes halogenated alkanes) is 2. The summed E-state index contributed by atoms with van der Waals surface area (Å²) in [5.41, 5.74) is 0. The van der Waals surface area contributed by atoms with Gasteiger partial charge in [-0.3, -0.25) is 0 Å². The van der Waals surface area contributed by atoms with E-state index in [9.17, 15) is 0 Å². The molecule has 1 atom stereocenters. The lowest BCUT2D eigenvalue weighted by molar-refractivity contribution is 0.466. The van der Waals surface area contributed by atoms with Gasteiger partial charge in [0, 0.05) is 0 Å². The third-order valence-corrected chi connectivity index (χ3v) is 3.12. The van der Waals surface area contributed by atoms with Crippen LogP contribution < -0.4 is 0 Å². The van der Waals surface area contributed by atoms with Crippen molar-refractivity contribution in [3.8, 4) is 0 Å². The summed E-state index contributed by atoms with van der Waals surface area (Å²) in [4.78, 5) is 0. The van der Waals surface area contributed by atoms with Crippen molar-refractivity contribution >= 4 is 11.8 Å². The maximum absolute atomic E-state index is 2.30. The molecule has 0 aliphatic carbocycles. The molecule has 0 aliphatic rings. The molecule has 0 fully saturated rings. The van der Waals surface area contributed by atoms with E-state index in [2.05, 4.69) is 20.1 Å². The van der Waals surface area contributed by atoms with Crippen molar-refractivity contribution in [2.45, 2.75) is 52.4 Å². The number of thioether (sulfide) groups is 1. The summed E-state index contributed by atoms with van der Waals surface area (Å²) < 4.78 is 0. The molecular formula is C11H24S. The van der Waals surface area contributed by atoms with Crippen LogP contribution in [0.5, 0.6) is 0 Å². The third-order valence-electron chi connectivity index (χ3n) is 2.32. The Hall–Kier alpha value is 0.350. The van der Waals surface area contributed by atoms with Crippen molar-refractivity contribution in [1.82, 2.24) is 0 Å². The fourth-order valence-electron chi connectivity index (χ4n) is 1.64. The molecule has 0 amide bonds. The van der Waals surface area contributed by atoms with Crippen LogP contribution in [0.15, 0.2) is 0 Å². The minimum atomic E-state index is 0.997. The molecule has 0 aromatic rings. The summed E-state index contributed by atoms with van der Waals surface area (Å²) in [5.74, 6) is 2.37. The lowest BCUT2D eigenvalue weighted by Gasteiger charge is -2.13. The second-order valence-corrected chi connectivity index (χ2v) is 4.52. The summed E-state index contributed by atoms with van der Waals surface area (Å²) in [7, 11) is 0. The van der Waals surface area contributed by atoms with E-state index in [0.717, 1.165) is 5.92 Å². The lowest BCUT2D eigenvalue weighted by Crippen LogP contribution is -2.03. The van der Waals surface area contributed by atoms with Gasteiger partial charge in [0.2, 0.25) is 0 Å². The molecule has 0 bridgehead atoms. The highest BCUT2D eigenvalue weighted by atomic mass is 32.2. The summed E-state index contributed by atoms with van der Waals surface area (Å²) in [5, 5.41) is 0. The van der Waals surface area contributed by atoms with Crippen molar-refractivity contribution in [2.75, 3.05) is 12.0 Å². The Balaban J connectivity index is 3.34. The second kappa shape index (κ2) is 9.44. The third kappa shape index (κ3) is 7.02. The normalized spacial score (nSPS) is 13.2. The predicted octanol–water partition coefficient (Wildman–Crippen LogP) is 4.35. The molecular weight excluding hydrogens is 164 g/mol. The Bertz CT molecular complexity index is 75.1. The fourth-order valence-corrected chi connectivity index (χ4v) is 2.44. The molecule has 0 spiro atoms. The Morgan fingerprint density at radius 3 is 2.25 bits per heavy atom. The van der Waals surface area contributed by atoms with E-state index < -0.39 is 0 Å². The van der Waals surface area contributed by atoms with Crippen LogP contribution in [-0.4, -0.2) is 12.0 Å². The minimum absolute atomic E-state index is 0.997. The highest BCUT2D eigenvalue weighted by Crippen LogP contribution is 2.19. The van der Waals surface area contributed by atoms with Gasteiger partial charge in [0.25, 0.3) is 0 Å². The predicted molar refractivity (Wildman–Crippen MR) is 60.9 cm³/mol. The largest absolute Gasteiger partial charge is 0.165 e. The average Bonchev–Trinajstić information content (AvgIpc) is 2.06. The highest BCUT2D eigenvalue weighted by molar-refractivity contribution is 7.98. The van der Waals surface area contributed by atoms with Gasteiger partial charge in [-0.05, 0) is 30.8 Å². The van der Waals surface area contributed by atoms with E-state index in [0.29, 0.717) is 0 Å². The average molecular weight is 188 g/mol. The van der Waals surface area contributed by atoms with Crippen LogP contribution in [-0.2, 0) is 0 Å². The van der Waals surface area contributed by atoms with Crippen LogP contribution in [0.3, 0.4) is 0 Å². The van der Waals surface area contributed by atoms with E-state index in [1.807, 2.05) is 11.8 Å². The van der Waals surface area contributed by atoms with Crippen molar-refractivity contribution in [3.63, 3.8) is 0 Å². The molecule has 0 aromatic carbocycles. The molecule has 0 radical (unpaired) electrons. The Morgan fingerprint density at radius 2 is 1.75 bits per heavy atom. The van der Waals surface area contributed by atoms with E-state index >= 15 is 0 Å². The summed E-state index contributed by atoms with van der Waals surface area (Å²) in [6.45, 7) is 4.58. The van der Waals surface area contributed by atoms with Gasteiger partial charge in [0.15, 0.2) is 0 Å². The van der Waals surface area contributed by atoms with E-state index in [-0.39, 0.29) is 0 Å². The molecule has 0 heterocycles. The number of hydrogen-bond donors (Lipinski definition) is 0. The van der Waals surface area contributed by atoms with Gasteiger partial charge in [0.1, 0.15) is 0 Å². The SMILES string of the molecule is CCCCCC(CCC)CSC. The molecule has 1 unspecified atom stereocenters. The Labute approximate surface area is 82.5 Å². The number of rotatable bonds is 8. The molecule has 0 aromatic heterocycles. The van der Waals surface area contributed by atoms with Crippen LogP contribution in [0.1, 0.15) is 52.4 Å². The van der Waals surface area contributed by atoms with Crippen LogP contribution in [0.2, 0.25) is 0 Å². The Morgan fingerprint density at radius 1 is 1.00 bits per heavy atom. The maximum Gasteiger partial charge on any atom is -0.00419 e. The molecule has 74 valence electrons. The van der Waals surface area contributed by atoms with Gasteiger partial charge in [-0.25, -0.2) is 0 Å². The molecule has 0 rings (SSSR count). The first-order valence-corrected chi connectivity index (χ1v) is 6.73. The van der Waals surface area contributed by atoms with Crippen molar-refractivity contribution in [3.05, 3.63) is 0 Å².